The molecule has 1 aromatic carbocycles. The summed E-state index contributed by atoms with van der Waals surface area (Å²) in [5, 5.41) is 0. The zero-order valence-electron chi connectivity index (χ0n) is 11.6. The minimum Gasteiger partial charge on any atom is -0.374 e. The molecule has 2 heteroatoms. The number of benzene rings is 1. The van der Waals surface area contributed by atoms with Gasteiger partial charge in [0.2, 0.25) is 0 Å². The molecule has 0 aliphatic rings. The molecular weight excluding hydrogens is 208 g/mol. The molecule has 1 rings (SSSR count). The summed E-state index contributed by atoms with van der Waals surface area (Å²) < 4.78 is 0. The van der Waals surface area contributed by atoms with E-state index in [0.29, 0.717) is 0 Å². The monoisotopic (exact) mass is 234 g/mol. The Morgan fingerprint density at radius 3 is 2.18 bits per heavy atom. The van der Waals surface area contributed by atoms with Gasteiger partial charge in [0.25, 0.3) is 0 Å². The van der Waals surface area contributed by atoms with Crippen molar-refractivity contribution in [1.82, 2.24) is 0 Å². The van der Waals surface area contributed by atoms with Gasteiger partial charge in [-0.2, -0.15) is 0 Å². The topological polar surface area (TPSA) is 29.3 Å². The highest BCUT2D eigenvalue weighted by atomic mass is 15.1. The van der Waals surface area contributed by atoms with Gasteiger partial charge in [0.15, 0.2) is 0 Å². The van der Waals surface area contributed by atoms with E-state index >= 15 is 0 Å². The fraction of sp³-hybridized carbons (Fsp3) is 0.600. The number of rotatable bonds is 6. The molecule has 0 spiro atoms. The van der Waals surface area contributed by atoms with Crippen LogP contribution in [0.3, 0.4) is 0 Å². The van der Waals surface area contributed by atoms with Crippen molar-refractivity contribution in [3.8, 4) is 0 Å². The van der Waals surface area contributed by atoms with E-state index in [2.05, 4.69) is 57.0 Å². The van der Waals surface area contributed by atoms with E-state index in [1.807, 2.05) is 0 Å². The smallest absolute Gasteiger partial charge is 0.0363 e. The first-order chi connectivity index (χ1) is 8.08. The Morgan fingerprint density at radius 2 is 1.71 bits per heavy atom. The number of nitrogens with two attached hydrogens (primary N) is 1. The molecule has 96 valence electrons. The van der Waals surface area contributed by atoms with Gasteiger partial charge in [-0.05, 0) is 30.0 Å². The molecule has 0 saturated carbocycles. The highest BCUT2D eigenvalue weighted by Gasteiger charge is 2.07. The normalized spacial score (nSPS) is 14.4. The van der Waals surface area contributed by atoms with E-state index in [-0.39, 0.29) is 6.04 Å². The standard InChI is InChI=1S/C15H26N2/c1-5-12(3)11-17(4)14-9-7-13(8-10-14)15(16)6-2/h7-10,12,15H,5-6,11,16H2,1-4H3. The molecule has 2 nitrogen and oxygen atoms in total. The number of nitrogens with zero attached hydrogens (tertiary/aromatic N) is 1. The average Bonchev–Trinajstić information content (AvgIpc) is 2.37. The first kappa shape index (κ1) is 14.0. The molecule has 0 aliphatic carbocycles. The van der Waals surface area contributed by atoms with Crippen LogP contribution in [0, 0.1) is 5.92 Å². The first-order valence-electron chi connectivity index (χ1n) is 6.65. The van der Waals surface area contributed by atoms with E-state index in [0.717, 1.165) is 18.9 Å². The number of hydrogen-bond donors (Lipinski definition) is 1. The molecule has 0 heterocycles. The summed E-state index contributed by atoms with van der Waals surface area (Å²) >= 11 is 0. The fourth-order valence-electron chi connectivity index (χ4n) is 1.91. The van der Waals surface area contributed by atoms with E-state index in [1.165, 1.54) is 17.7 Å². The van der Waals surface area contributed by atoms with Crippen molar-refractivity contribution in [2.45, 2.75) is 39.7 Å². The van der Waals surface area contributed by atoms with Crippen LogP contribution in [-0.4, -0.2) is 13.6 Å². The van der Waals surface area contributed by atoms with Crippen molar-refractivity contribution in [3.05, 3.63) is 29.8 Å². The minimum atomic E-state index is 0.170. The largest absolute Gasteiger partial charge is 0.374 e. The lowest BCUT2D eigenvalue weighted by Gasteiger charge is -2.23. The predicted octanol–water partition coefficient (Wildman–Crippen LogP) is 3.58. The van der Waals surface area contributed by atoms with Crippen LogP contribution in [0.2, 0.25) is 0 Å². The maximum atomic E-state index is 6.01. The minimum absolute atomic E-state index is 0.170. The molecule has 0 saturated heterocycles. The molecule has 0 radical (unpaired) electrons. The van der Waals surface area contributed by atoms with Crippen LogP contribution < -0.4 is 10.6 Å². The van der Waals surface area contributed by atoms with Crippen molar-refractivity contribution in [3.63, 3.8) is 0 Å². The maximum Gasteiger partial charge on any atom is 0.0363 e. The molecule has 1 aromatic rings. The highest BCUT2D eigenvalue weighted by molar-refractivity contribution is 5.47. The van der Waals surface area contributed by atoms with Crippen LogP contribution in [0.5, 0.6) is 0 Å². The third kappa shape index (κ3) is 4.04. The Hall–Kier alpha value is -1.02. The van der Waals surface area contributed by atoms with Crippen LogP contribution >= 0.6 is 0 Å². The third-order valence-corrected chi connectivity index (χ3v) is 3.48. The Kier molecular flexibility index (Phi) is 5.49. The van der Waals surface area contributed by atoms with E-state index in [1.54, 1.807) is 0 Å². The Balaban J connectivity index is 2.66. The van der Waals surface area contributed by atoms with Gasteiger partial charge in [-0.3, -0.25) is 0 Å². The molecular formula is C15H26N2. The summed E-state index contributed by atoms with van der Waals surface area (Å²) in [5.74, 6) is 0.734. The zero-order valence-corrected chi connectivity index (χ0v) is 11.6. The van der Waals surface area contributed by atoms with Crippen molar-refractivity contribution < 1.29 is 0 Å². The van der Waals surface area contributed by atoms with E-state index < -0.39 is 0 Å². The maximum absolute atomic E-state index is 6.01. The van der Waals surface area contributed by atoms with Gasteiger partial charge >= 0.3 is 0 Å². The lowest BCUT2D eigenvalue weighted by Crippen LogP contribution is -2.23. The molecule has 2 N–H and O–H groups in total. The quantitative estimate of drug-likeness (QED) is 0.815. The van der Waals surface area contributed by atoms with Gasteiger partial charge in [-0.1, -0.05) is 39.3 Å². The molecule has 0 fully saturated rings. The lowest BCUT2D eigenvalue weighted by molar-refractivity contribution is 0.560. The second kappa shape index (κ2) is 6.65. The molecule has 2 unspecified atom stereocenters. The summed E-state index contributed by atoms with van der Waals surface area (Å²) in [6, 6.07) is 8.82. The Labute approximate surface area is 106 Å². The van der Waals surface area contributed by atoms with Crippen LogP contribution in [0.25, 0.3) is 0 Å². The van der Waals surface area contributed by atoms with Crippen molar-refractivity contribution in [1.29, 1.82) is 0 Å². The van der Waals surface area contributed by atoms with Crippen LogP contribution in [-0.2, 0) is 0 Å². The zero-order chi connectivity index (χ0) is 12.8. The van der Waals surface area contributed by atoms with Crippen LogP contribution in [0.15, 0.2) is 24.3 Å². The molecule has 0 amide bonds. The van der Waals surface area contributed by atoms with Crippen molar-refractivity contribution in [2.24, 2.45) is 11.7 Å². The predicted molar refractivity (Wildman–Crippen MR) is 76.4 cm³/mol. The molecule has 2 atom stereocenters. The second-order valence-electron chi connectivity index (χ2n) is 5.00. The SMILES string of the molecule is CCC(C)CN(C)c1ccc(C(N)CC)cc1. The van der Waals surface area contributed by atoms with Crippen LogP contribution in [0.1, 0.15) is 45.2 Å². The van der Waals surface area contributed by atoms with Gasteiger partial charge in [-0.15, -0.1) is 0 Å². The first-order valence-corrected chi connectivity index (χ1v) is 6.65. The molecule has 0 aliphatic heterocycles. The lowest BCUT2D eigenvalue weighted by atomic mass is 10.0. The third-order valence-electron chi connectivity index (χ3n) is 3.48. The Morgan fingerprint density at radius 1 is 1.12 bits per heavy atom. The van der Waals surface area contributed by atoms with Gasteiger partial charge in [-0.25, -0.2) is 0 Å². The van der Waals surface area contributed by atoms with E-state index in [9.17, 15) is 0 Å². The van der Waals surface area contributed by atoms with Crippen molar-refractivity contribution in [2.75, 3.05) is 18.5 Å². The van der Waals surface area contributed by atoms with Gasteiger partial charge in [0, 0.05) is 25.3 Å². The van der Waals surface area contributed by atoms with Crippen molar-refractivity contribution >= 4 is 5.69 Å². The summed E-state index contributed by atoms with van der Waals surface area (Å²) in [6.07, 6.45) is 2.21. The summed E-state index contributed by atoms with van der Waals surface area (Å²) in [4.78, 5) is 2.31. The molecule has 0 aromatic heterocycles. The second-order valence-corrected chi connectivity index (χ2v) is 5.00. The van der Waals surface area contributed by atoms with Gasteiger partial charge in [0.1, 0.15) is 0 Å². The van der Waals surface area contributed by atoms with Gasteiger partial charge < -0.3 is 10.6 Å². The summed E-state index contributed by atoms with van der Waals surface area (Å²) in [6.45, 7) is 7.75. The Bertz CT molecular complexity index is 318. The average molecular weight is 234 g/mol. The summed E-state index contributed by atoms with van der Waals surface area (Å²) in [5.41, 5.74) is 8.51. The highest BCUT2D eigenvalue weighted by Crippen LogP contribution is 2.20. The van der Waals surface area contributed by atoms with Crippen LogP contribution in [0.4, 0.5) is 5.69 Å². The van der Waals surface area contributed by atoms with E-state index in [4.69, 9.17) is 5.73 Å². The fourth-order valence-corrected chi connectivity index (χ4v) is 1.91. The van der Waals surface area contributed by atoms with Gasteiger partial charge in [0.05, 0.1) is 0 Å². The summed E-state index contributed by atoms with van der Waals surface area (Å²) in [7, 11) is 2.15. The number of anilines is 1. The molecule has 17 heavy (non-hydrogen) atoms. The number of hydrogen-bond acceptors (Lipinski definition) is 2. The molecule has 0 bridgehead atoms.